The lowest BCUT2D eigenvalue weighted by Gasteiger charge is -2.62. The molecule has 0 aromatic carbocycles. The van der Waals surface area contributed by atoms with E-state index in [1.165, 1.54) is 6.42 Å². The van der Waals surface area contributed by atoms with Gasteiger partial charge in [0.05, 0.1) is 12.2 Å². The Kier molecular flexibility index (Phi) is 4.91. The van der Waals surface area contributed by atoms with E-state index in [9.17, 15) is 20.1 Å². The van der Waals surface area contributed by atoms with E-state index in [0.717, 1.165) is 44.9 Å². The van der Waals surface area contributed by atoms with Crippen LogP contribution in [-0.2, 0) is 4.79 Å². The number of hydrogen-bond donors (Lipinski definition) is 3. The number of carbonyl (C=O) groups is 1. The molecule has 154 valence electrons. The van der Waals surface area contributed by atoms with E-state index in [4.69, 9.17) is 0 Å². The molecule has 0 heterocycles. The quantitative estimate of drug-likeness (QED) is 0.691. The fraction of sp³-hybridized carbons (Fsp3) is 0.957. The van der Waals surface area contributed by atoms with Crippen LogP contribution < -0.4 is 0 Å². The maximum atomic E-state index is 11.3. The summed E-state index contributed by atoms with van der Waals surface area (Å²) in [4.78, 5) is 11.3. The number of fused-ring (bicyclic) bond motifs is 5. The van der Waals surface area contributed by atoms with Gasteiger partial charge >= 0.3 is 5.97 Å². The third-order valence-corrected chi connectivity index (χ3v) is 9.91. The molecule has 0 aromatic heterocycles. The highest BCUT2D eigenvalue weighted by atomic mass is 16.4. The summed E-state index contributed by atoms with van der Waals surface area (Å²) >= 11 is 0. The van der Waals surface area contributed by atoms with Gasteiger partial charge in [0.1, 0.15) is 0 Å². The van der Waals surface area contributed by atoms with E-state index >= 15 is 0 Å². The molecule has 0 spiro atoms. The lowest BCUT2D eigenvalue weighted by Crippen LogP contribution is -2.58. The Morgan fingerprint density at radius 2 is 1.67 bits per heavy atom. The van der Waals surface area contributed by atoms with Gasteiger partial charge in [0.25, 0.3) is 0 Å². The lowest BCUT2D eigenvalue weighted by atomic mass is 9.43. The van der Waals surface area contributed by atoms with Crippen LogP contribution in [0, 0.1) is 46.3 Å². The van der Waals surface area contributed by atoms with Gasteiger partial charge in [-0.05, 0) is 97.7 Å². The Hall–Kier alpha value is -0.610. The molecular formula is C23H38O4. The molecule has 4 heteroatoms. The molecule has 0 amide bonds. The average molecular weight is 379 g/mol. The molecule has 4 aliphatic carbocycles. The number of carboxylic acids is 1. The predicted molar refractivity (Wildman–Crippen MR) is 104 cm³/mol. The number of aliphatic hydroxyl groups excluding tert-OH is 2. The smallest absolute Gasteiger partial charge is 0.303 e. The van der Waals surface area contributed by atoms with Crippen molar-refractivity contribution in [1.29, 1.82) is 0 Å². The summed E-state index contributed by atoms with van der Waals surface area (Å²) in [5, 5.41) is 30.7. The van der Waals surface area contributed by atoms with Crippen LogP contribution in [-0.4, -0.2) is 33.5 Å². The van der Waals surface area contributed by atoms with Gasteiger partial charge in [-0.15, -0.1) is 0 Å². The number of hydrogen-bond acceptors (Lipinski definition) is 3. The van der Waals surface area contributed by atoms with Crippen LogP contribution >= 0.6 is 0 Å². The normalized spacial score (nSPS) is 53.1. The molecule has 0 aromatic rings. The van der Waals surface area contributed by atoms with Crippen LogP contribution in [0.3, 0.4) is 0 Å². The fourth-order valence-electron chi connectivity index (χ4n) is 8.59. The molecule has 0 saturated heterocycles. The predicted octanol–water partition coefficient (Wildman–Crippen LogP) is 4.09. The van der Waals surface area contributed by atoms with Gasteiger partial charge in [-0.2, -0.15) is 0 Å². The highest BCUT2D eigenvalue weighted by molar-refractivity contribution is 5.67. The molecule has 4 saturated carbocycles. The summed E-state index contributed by atoms with van der Waals surface area (Å²) < 4.78 is 0. The number of aliphatic hydroxyl groups is 2. The summed E-state index contributed by atoms with van der Waals surface area (Å²) in [5.74, 6) is 1.89. The second-order valence-corrected chi connectivity index (χ2v) is 11.0. The fourth-order valence-corrected chi connectivity index (χ4v) is 8.59. The molecule has 4 rings (SSSR count). The Morgan fingerprint density at radius 1 is 1.00 bits per heavy atom. The third-order valence-electron chi connectivity index (χ3n) is 9.91. The molecule has 0 bridgehead atoms. The minimum atomic E-state index is -0.683. The Balaban J connectivity index is 1.60. The van der Waals surface area contributed by atoms with E-state index in [1.807, 2.05) is 0 Å². The van der Waals surface area contributed by atoms with E-state index in [2.05, 4.69) is 20.8 Å². The van der Waals surface area contributed by atoms with Crippen molar-refractivity contribution in [1.82, 2.24) is 0 Å². The molecule has 27 heavy (non-hydrogen) atoms. The Morgan fingerprint density at radius 3 is 2.37 bits per heavy atom. The zero-order chi connectivity index (χ0) is 19.6. The van der Waals surface area contributed by atoms with Crippen molar-refractivity contribution < 1.29 is 20.1 Å². The van der Waals surface area contributed by atoms with Crippen LogP contribution in [0.5, 0.6) is 0 Å². The number of rotatable bonds is 3. The van der Waals surface area contributed by atoms with Crippen molar-refractivity contribution in [2.24, 2.45) is 46.3 Å². The van der Waals surface area contributed by atoms with Gasteiger partial charge in [-0.25, -0.2) is 0 Å². The standard InChI is InChI=1S/C23H38O4/c1-13(10-20(26)27)16-4-5-17-21-18(7-9-23(16,17)3)22(2)8-6-15(24)11-14(22)12-19(21)25/h13-19,21,24-25H,4-12H2,1-3H3,(H,26,27)/t13?,14-,15+,16?,17?,18?,19?,21?,22-,23+/m0/s1. The summed E-state index contributed by atoms with van der Waals surface area (Å²) in [7, 11) is 0. The van der Waals surface area contributed by atoms with Gasteiger partial charge in [0.2, 0.25) is 0 Å². The van der Waals surface area contributed by atoms with Gasteiger partial charge in [-0.1, -0.05) is 20.8 Å². The van der Waals surface area contributed by atoms with Crippen LogP contribution in [0.2, 0.25) is 0 Å². The first-order chi connectivity index (χ1) is 12.7. The second kappa shape index (κ2) is 6.73. The van der Waals surface area contributed by atoms with Crippen molar-refractivity contribution in [3.05, 3.63) is 0 Å². The molecule has 4 fully saturated rings. The summed E-state index contributed by atoms with van der Waals surface area (Å²) in [5.41, 5.74) is 0.434. The lowest BCUT2D eigenvalue weighted by molar-refractivity contribution is -0.174. The first-order valence-corrected chi connectivity index (χ1v) is 11.2. The molecular weight excluding hydrogens is 340 g/mol. The van der Waals surface area contributed by atoms with Gasteiger partial charge in [0, 0.05) is 6.42 Å². The topological polar surface area (TPSA) is 77.8 Å². The second-order valence-electron chi connectivity index (χ2n) is 11.0. The van der Waals surface area contributed by atoms with Crippen LogP contribution in [0.25, 0.3) is 0 Å². The van der Waals surface area contributed by atoms with Gasteiger partial charge in [-0.3, -0.25) is 4.79 Å². The van der Waals surface area contributed by atoms with Crippen molar-refractivity contribution in [2.75, 3.05) is 0 Å². The first-order valence-electron chi connectivity index (χ1n) is 11.2. The van der Waals surface area contributed by atoms with E-state index in [-0.39, 0.29) is 35.4 Å². The van der Waals surface area contributed by atoms with Crippen LogP contribution in [0.4, 0.5) is 0 Å². The molecule has 4 aliphatic rings. The highest BCUT2D eigenvalue weighted by Gasteiger charge is 2.62. The van der Waals surface area contributed by atoms with Crippen LogP contribution in [0.15, 0.2) is 0 Å². The molecule has 0 aliphatic heterocycles. The SMILES string of the molecule is CC(CC(=O)O)C1CCC2C3C(O)C[C@@H]4C[C@H](O)CC[C@]4(C)C3CC[C@]12C. The third kappa shape index (κ3) is 2.97. The van der Waals surface area contributed by atoms with Crippen molar-refractivity contribution in [3.8, 4) is 0 Å². The largest absolute Gasteiger partial charge is 0.481 e. The molecule has 3 N–H and O–H groups in total. The zero-order valence-electron chi connectivity index (χ0n) is 17.2. The Labute approximate surface area is 163 Å². The van der Waals surface area contributed by atoms with Crippen molar-refractivity contribution >= 4 is 5.97 Å². The van der Waals surface area contributed by atoms with Crippen LogP contribution in [0.1, 0.15) is 78.6 Å². The molecule has 4 nitrogen and oxygen atoms in total. The summed E-state index contributed by atoms with van der Waals surface area (Å²) in [6.45, 7) is 6.96. The maximum absolute atomic E-state index is 11.3. The molecule has 10 atom stereocenters. The molecule has 6 unspecified atom stereocenters. The number of aliphatic carboxylic acids is 1. The van der Waals surface area contributed by atoms with E-state index < -0.39 is 5.97 Å². The minimum absolute atomic E-state index is 0.175. The van der Waals surface area contributed by atoms with Gasteiger partial charge < -0.3 is 15.3 Å². The Bertz CT molecular complexity index is 591. The summed E-state index contributed by atoms with van der Waals surface area (Å²) in [6, 6.07) is 0. The minimum Gasteiger partial charge on any atom is -0.481 e. The first kappa shape index (κ1) is 19.7. The number of carboxylic acid groups (broad SMARTS) is 1. The van der Waals surface area contributed by atoms with E-state index in [1.54, 1.807) is 0 Å². The van der Waals surface area contributed by atoms with E-state index in [0.29, 0.717) is 29.6 Å². The highest BCUT2D eigenvalue weighted by Crippen LogP contribution is 2.68. The average Bonchev–Trinajstić information content (AvgIpc) is 2.93. The summed E-state index contributed by atoms with van der Waals surface area (Å²) in [6.07, 6.45) is 8.12. The van der Waals surface area contributed by atoms with Gasteiger partial charge in [0.15, 0.2) is 0 Å². The van der Waals surface area contributed by atoms with Crippen molar-refractivity contribution in [3.63, 3.8) is 0 Å². The molecule has 0 radical (unpaired) electrons. The maximum Gasteiger partial charge on any atom is 0.303 e. The zero-order valence-corrected chi connectivity index (χ0v) is 17.2. The van der Waals surface area contributed by atoms with Crippen molar-refractivity contribution in [2.45, 2.75) is 90.8 Å². The monoisotopic (exact) mass is 378 g/mol.